The molecule has 1 aromatic carbocycles. The third-order valence-electron chi connectivity index (χ3n) is 7.15. The van der Waals surface area contributed by atoms with Crippen molar-refractivity contribution in [1.82, 2.24) is 26.6 Å². The van der Waals surface area contributed by atoms with Crippen LogP contribution in [0.5, 0.6) is 0 Å². The summed E-state index contributed by atoms with van der Waals surface area (Å²) in [5.41, 5.74) is -2.41. The molecule has 2 unspecified atom stereocenters. The summed E-state index contributed by atoms with van der Waals surface area (Å²) >= 11 is 0. The lowest BCUT2D eigenvalue weighted by atomic mass is 9.66. The fourth-order valence-corrected chi connectivity index (χ4v) is 4.93. The number of carbonyl (C=O) groups excluding carboxylic acids is 3. The van der Waals surface area contributed by atoms with Gasteiger partial charge in [-0.3, -0.25) is 4.79 Å². The van der Waals surface area contributed by atoms with Crippen LogP contribution in [-0.2, 0) is 20.7 Å². The predicted molar refractivity (Wildman–Crippen MR) is 177 cm³/mol. The molecule has 0 saturated heterocycles. The molecule has 47 heavy (non-hydrogen) atoms. The first-order valence-electron chi connectivity index (χ1n) is 15.8. The highest BCUT2D eigenvalue weighted by atomic mass is 16.6. The number of hydrogen-bond acceptors (Lipinski definition) is 7. The van der Waals surface area contributed by atoms with Crippen LogP contribution in [0.25, 0.3) is 0 Å². The molecule has 0 aliphatic rings. The van der Waals surface area contributed by atoms with Crippen molar-refractivity contribution in [3.8, 4) is 0 Å². The molecule has 0 spiro atoms. The zero-order valence-electron chi connectivity index (χ0n) is 29.2. The maximum absolute atomic E-state index is 13.2. The molecule has 1 aromatic rings. The SMILES string of the molecule is CC(C)(C)OC(=O)NCCC[C@@H](CNC(=O)CC(CC(Cc1ccccc1)(NC(=O)O)C(C)(C)C)NC(=O)O)NC(=O)OC(C)(C)C. The second-order valence-electron chi connectivity index (χ2n) is 14.7. The van der Waals surface area contributed by atoms with Gasteiger partial charge in [0.2, 0.25) is 5.91 Å². The maximum atomic E-state index is 13.2. The van der Waals surface area contributed by atoms with Crippen molar-refractivity contribution in [2.75, 3.05) is 13.1 Å². The summed E-state index contributed by atoms with van der Waals surface area (Å²) in [5, 5.41) is 32.6. The van der Waals surface area contributed by atoms with Crippen LogP contribution in [0.4, 0.5) is 19.2 Å². The van der Waals surface area contributed by atoms with Gasteiger partial charge in [0.1, 0.15) is 11.2 Å². The van der Waals surface area contributed by atoms with Crippen LogP contribution in [0.2, 0.25) is 0 Å². The number of rotatable bonds is 15. The predicted octanol–water partition coefficient (Wildman–Crippen LogP) is 5.01. The van der Waals surface area contributed by atoms with E-state index in [0.29, 0.717) is 12.8 Å². The zero-order chi connectivity index (χ0) is 36.1. The molecule has 3 atom stereocenters. The van der Waals surface area contributed by atoms with Gasteiger partial charge in [0, 0.05) is 31.6 Å². The largest absolute Gasteiger partial charge is 0.465 e. The van der Waals surface area contributed by atoms with Crippen LogP contribution in [0, 0.1) is 5.41 Å². The Kier molecular flexibility index (Phi) is 15.3. The van der Waals surface area contributed by atoms with Crippen molar-refractivity contribution in [1.29, 1.82) is 0 Å². The molecule has 0 aromatic heterocycles. The molecule has 0 radical (unpaired) electrons. The number of benzene rings is 1. The molecule has 5 amide bonds. The minimum absolute atomic E-state index is 0.00783. The van der Waals surface area contributed by atoms with Gasteiger partial charge >= 0.3 is 24.4 Å². The van der Waals surface area contributed by atoms with Crippen LogP contribution >= 0.6 is 0 Å². The normalized spacial score (nSPS) is 14.4. The van der Waals surface area contributed by atoms with Gasteiger partial charge in [-0.25, -0.2) is 19.2 Å². The van der Waals surface area contributed by atoms with Crippen molar-refractivity contribution in [2.45, 2.75) is 123 Å². The van der Waals surface area contributed by atoms with Gasteiger partial charge in [-0.05, 0) is 78.2 Å². The average molecular weight is 666 g/mol. The monoisotopic (exact) mass is 665 g/mol. The fraction of sp³-hybridized carbons (Fsp3) is 0.667. The number of carbonyl (C=O) groups is 5. The van der Waals surface area contributed by atoms with E-state index in [1.165, 1.54) is 0 Å². The Bertz CT molecular complexity index is 1190. The Labute approximate surface area is 278 Å². The lowest BCUT2D eigenvalue weighted by Crippen LogP contribution is -2.61. The minimum Gasteiger partial charge on any atom is -0.465 e. The molecule has 0 fully saturated rings. The van der Waals surface area contributed by atoms with Crippen LogP contribution in [0.3, 0.4) is 0 Å². The summed E-state index contributed by atoms with van der Waals surface area (Å²) in [6.45, 7) is 16.2. The zero-order valence-corrected chi connectivity index (χ0v) is 29.2. The summed E-state index contributed by atoms with van der Waals surface area (Å²) in [6, 6.07) is 7.68. The molecule has 0 aliphatic carbocycles. The Morgan fingerprint density at radius 1 is 0.745 bits per heavy atom. The molecule has 0 bridgehead atoms. The third kappa shape index (κ3) is 17.3. The van der Waals surface area contributed by atoms with E-state index >= 15 is 0 Å². The molecular weight excluding hydrogens is 610 g/mol. The van der Waals surface area contributed by atoms with Crippen LogP contribution in [0.15, 0.2) is 30.3 Å². The van der Waals surface area contributed by atoms with Gasteiger partial charge in [0.05, 0.1) is 5.54 Å². The lowest BCUT2D eigenvalue weighted by molar-refractivity contribution is -0.121. The maximum Gasteiger partial charge on any atom is 0.407 e. The van der Waals surface area contributed by atoms with Gasteiger partial charge in [-0.15, -0.1) is 0 Å². The second-order valence-corrected chi connectivity index (χ2v) is 14.7. The Morgan fingerprint density at radius 2 is 1.32 bits per heavy atom. The van der Waals surface area contributed by atoms with Crippen molar-refractivity contribution in [2.24, 2.45) is 5.41 Å². The highest BCUT2D eigenvalue weighted by Crippen LogP contribution is 2.38. The van der Waals surface area contributed by atoms with Gasteiger partial charge in [0.25, 0.3) is 0 Å². The van der Waals surface area contributed by atoms with Crippen molar-refractivity contribution >= 4 is 30.3 Å². The van der Waals surface area contributed by atoms with Crippen LogP contribution < -0.4 is 26.6 Å². The number of alkyl carbamates (subject to hydrolysis) is 2. The third-order valence-corrected chi connectivity index (χ3v) is 7.15. The summed E-state index contributed by atoms with van der Waals surface area (Å²) in [5.74, 6) is -0.510. The lowest BCUT2D eigenvalue weighted by Gasteiger charge is -2.47. The molecule has 266 valence electrons. The van der Waals surface area contributed by atoms with Crippen LogP contribution in [-0.4, -0.2) is 82.4 Å². The standard InChI is InChI=1S/C33H55N5O9/c1-30(2,3)33(38-27(42)43,19-22-14-11-10-12-15-22)20-24(36-26(40)41)18-25(39)35-21-23(37-29(45)47-32(7,8)9)16-13-17-34-28(44)46-31(4,5)6/h10-12,14-15,23-24,36,38H,13,16-21H2,1-9H3,(H,34,44)(H,35,39)(H,37,45)(H,40,41)(H,42,43)/t23-,24?,33?/m0/s1. The molecule has 0 saturated carbocycles. The Morgan fingerprint density at radius 3 is 1.83 bits per heavy atom. The van der Waals surface area contributed by atoms with E-state index in [2.05, 4.69) is 26.6 Å². The first-order valence-corrected chi connectivity index (χ1v) is 15.8. The highest BCUT2D eigenvalue weighted by molar-refractivity contribution is 5.78. The van der Waals surface area contributed by atoms with Gasteiger partial charge in [-0.1, -0.05) is 51.1 Å². The summed E-state index contributed by atoms with van der Waals surface area (Å²) in [7, 11) is 0. The molecule has 14 heteroatoms. The Balaban J connectivity index is 3.09. The smallest absolute Gasteiger partial charge is 0.407 e. The minimum atomic E-state index is -1.36. The van der Waals surface area contributed by atoms with E-state index in [0.717, 1.165) is 5.56 Å². The number of nitrogens with one attached hydrogen (secondary N) is 5. The van der Waals surface area contributed by atoms with Crippen molar-refractivity contribution in [3.05, 3.63) is 35.9 Å². The molecular formula is C33H55N5O9. The van der Waals surface area contributed by atoms with E-state index in [4.69, 9.17) is 9.47 Å². The van der Waals surface area contributed by atoms with Gasteiger partial charge in [-0.2, -0.15) is 0 Å². The highest BCUT2D eigenvalue weighted by Gasteiger charge is 2.45. The molecule has 14 nitrogen and oxygen atoms in total. The molecule has 7 N–H and O–H groups in total. The first kappa shape index (κ1) is 40.8. The molecule has 0 aliphatic heterocycles. The number of carboxylic acid groups (broad SMARTS) is 2. The van der Waals surface area contributed by atoms with E-state index in [9.17, 15) is 34.2 Å². The quantitative estimate of drug-likeness (QED) is 0.126. The topological polar surface area (TPSA) is 204 Å². The average Bonchev–Trinajstić information content (AvgIpc) is 2.86. The van der Waals surface area contributed by atoms with Crippen molar-refractivity contribution < 1.29 is 43.7 Å². The Hall–Kier alpha value is -4.23. The molecule has 0 heterocycles. The number of ether oxygens (including phenoxy) is 2. The molecule has 1 rings (SSSR count). The van der Waals surface area contributed by atoms with Gasteiger partial charge in [0.15, 0.2) is 0 Å². The van der Waals surface area contributed by atoms with E-state index in [-0.39, 0.29) is 32.4 Å². The summed E-state index contributed by atoms with van der Waals surface area (Å²) in [4.78, 5) is 61.6. The van der Waals surface area contributed by atoms with Crippen LogP contribution in [0.1, 0.15) is 93.6 Å². The van der Waals surface area contributed by atoms with Gasteiger partial charge < -0.3 is 46.3 Å². The summed E-state index contributed by atoms with van der Waals surface area (Å²) in [6.07, 6.45) is -3.15. The van der Waals surface area contributed by atoms with E-state index < -0.39 is 64.5 Å². The van der Waals surface area contributed by atoms with E-state index in [1.807, 2.05) is 51.1 Å². The fourth-order valence-electron chi connectivity index (χ4n) is 4.93. The van der Waals surface area contributed by atoms with E-state index in [1.54, 1.807) is 41.5 Å². The number of amides is 5. The number of hydrogen-bond donors (Lipinski definition) is 7. The summed E-state index contributed by atoms with van der Waals surface area (Å²) < 4.78 is 10.6. The second kappa shape index (κ2) is 17.6. The first-order chi connectivity index (χ1) is 21.5. The van der Waals surface area contributed by atoms with Crippen molar-refractivity contribution in [3.63, 3.8) is 0 Å².